The predicted molar refractivity (Wildman–Crippen MR) is 64.1 cm³/mol. The van der Waals surface area contributed by atoms with Crippen molar-refractivity contribution in [3.63, 3.8) is 0 Å². The van der Waals surface area contributed by atoms with Gasteiger partial charge in [0.05, 0.1) is 17.9 Å². The molecule has 0 radical (unpaired) electrons. The molecular formula is C13H14FN3. The number of hydrogen-bond donors (Lipinski definition) is 1. The Morgan fingerprint density at radius 3 is 2.47 bits per heavy atom. The van der Waals surface area contributed by atoms with Crippen LogP contribution in [0.25, 0.3) is 0 Å². The second-order valence-corrected chi connectivity index (χ2v) is 3.86. The van der Waals surface area contributed by atoms with E-state index in [1.165, 1.54) is 12.3 Å². The van der Waals surface area contributed by atoms with Crippen LogP contribution in [0.1, 0.15) is 23.0 Å². The molecule has 0 bridgehead atoms. The molecule has 0 aromatic carbocycles. The standard InChI is InChI=1S/C13H14FN3/c1-9-3-4-10(7-16-9)13(15-2)12-6-5-11(14)8-17-12/h3-8,13,15H,1-2H3. The van der Waals surface area contributed by atoms with Crippen LogP contribution in [0.4, 0.5) is 4.39 Å². The van der Waals surface area contributed by atoms with Crippen LogP contribution in [0.5, 0.6) is 0 Å². The highest BCUT2D eigenvalue weighted by atomic mass is 19.1. The Morgan fingerprint density at radius 2 is 1.94 bits per heavy atom. The van der Waals surface area contributed by atoms with Crippen LogP contribution < -0.4 is 5.32 Å². The second kappa shape index (κ2) is 5.01. The minimum absolute atomic E-state index is 0.0660. The molecule has 0 spiro atoms. The van der Waals surface area contributed by atoms with Gasteiger partial charge in [-0.1, -0.05) is 6.07 Å². The third-order valence-electron chi connectivity index (χ3n) is 2.60. The lowest BCUT2D eigenvalue weighted by Gasteiger charge is -2.15. The molecule has 0 fully saturated rings. The highest BCUT2D eigenvalue weighted by Gasteiger charge is 2.13. The Morgan fingerprint density at radius 1 is 1.12 bits per heavy atom. The second-order valence-electron chi connectivity index (χ2n) is 3.86. The zero-order valence-corrected chi connectivity index (χ0v) is 9.81. The highest BCUT2D eigenvalue weighted by molar-refractivity contribution is 5.26. The molecule has 1 atom stereocenters. The van der Waals surface area contributed by atoms with E-state index < -0.39 is 0 Å². The molecule has 0 aliphatic carbocycles. The van der Waals surface area contributed by atoms with Crippen molar-refractivity contribution in [1.29, 1.82) is 0 Å². The fraction of sp³-hybridized carbons (Fsp3) is 0.231. The predicted octanol–water partition coefficient (Wildman–Crippen LogP) is 2.23. The number of aromatic nitrogens is 2. The summed E-state index contributed by atoms with van der Waals surface area (Å²) in [5.74, 6) is -0.328. The third-order valence-corrected chi connectivity index (χ3v) is 2.60. The van der Waals surface area contributed by atoms with E-state index in [-0.39, 0.29) is 11.9 Å². The lowest BCUT2D eigenvalue weighted by atomic mass is 10.1. The van der Waals surface area contributed by atoms with Crippen molar-refractivity contribution in [3.05, 3.63) is 59.4 Å². The van der Waals surface area contributed by atoms with Gasteiger partial charge in [-0.05, 0) is 37.7 Å². The van der Waals surface area contributed by atoms with E-state index in [1.807, 2.05) is 32.3 Å². The van der Waals surface area contributed by atoms with Crippen LogP contribution in [0, 0.1) is 12.7 Å². The number of rotatable bonds is 3. The van der Waals surface area contributed by atoms with Crippen molar-refractivity contribution in [2.75, 3.05) is 7.05 Å². The van der Waals surface area contributed by atoms with Gasteiger partial charge in [0.15, 0.2) is 0 Å². The number of nitrogens with one attached hydrogen (secondary N) is 1. The van der Waals surface area contributed by atoms with Crippen molar-refractivity contribution in [2.24, 2.45) is 0 Å². The quantitative estimate of drug-likeness (QED) is 0.880. The highest BCUT2D eigenvalue weighted by Crippen LogP contribution is 2.19. The van der Waals surface area contributed by atoms with Gasteiger partial charge in [-0.3, -0.25) is 9.97 Å². The number of halogens is 1. The minimum Gasteiger partial charge on any atom is -0.308 e. The number of pyridine rings is 2. The van der Waals surface area contributed by atoms with Gasteiger partial charge in [-0.15, -0.1) is 0 Å². The molecule has 2 heterocycles. The van der Waals surface area contributed by atoms with Crippen molar-refractivity contribution >= 4 is 0 Å². The van der Waals surface area contributed by atoms with Gasteiger partial charge in [-0.2, -0.15) is 0 Å². The van der Waals surface area contributed by atoms with Gasteiger partial charge >= 0.3 is 0 Å². The molecule has 0 aliphatic rings. The molecule has 0 saturated heterocycles. The zero-order chi connectivity index (χ0) is 12.3. The Hall–Kier alpha value is -1.81. The first-order valence-electron chi connectivity index (χ1n) is 5.42. The van der Waals surface area contributed by atoms with Crippen LogP contribution in [0.15, 0.2) is 36.7 Å². The Balaban J connectivity index is 2.33. The van der Waals surface area contributed by atoms with E-state index in [4.69, 9.17) is 0 Å². The molecule has 3 nitrogen and oxygen atoms in total. The summed E-state index contributed by atoms with van der Waals surface area (Å²) in [4.78, 5) is 8.33. The molecule has 0 amide bonds. The van der Waals surface area contributed by atoms with Crippen molar-refractivity contribution in [3.8, 4) is 0 Å². The van der Waals surface area contributed by atoms with E-state index in [9.17, 15) is 4.39 Å². The maximum atomic E-state index is 12.8. The summed E-state index contributed by atoms with van der Waals surface area (Å²) in [6, 6.07) is 6.96. The number of aryl methyl sites for hydroxylation is 1. The van der Waals surface area contributed by atoms with Crippen molar-refractivity contribution in [1.82, 2.24) is 15.3 Å². The molecule has 88 valence electrons. The van der Waals surface area contributed by atoms with Gasteiger partial charge < -0.3 is 5.32 Å². The summed E-state index contributed by atoms with van der Waals surface area (Å²) in [5, 5.41) is 3.15. The number of hydrogen-bond acceptors (Lipinski definition) is 3. The topological polar surface area (TPSA) is 37.8 Å². The summed E-state index contributed by atoms with van der Waals surface area (Å²) >= 11 is 0. The molecule has 1 N–H and O–H groups in total. The summed E-state index contributed by atoms with van der Waals surface area (Å²) in [6.45, 7) is 1.94. The first-order valence-corrected chi connectivity index (χ1v) is 5.42. The van der Waals surface area contributed by atoms with Crippen LogP contribution >= 0.6 is 0 Å². The minimum atomic E-state index is -0.328. The summed E-state index contributed by atoms with van der Waals surface area (Å²) in [7, 11) is 1.84. The first kappa shape index (κ1) is 11.7. The van der Waals surface area contributed by atoms with Gasteiger partial charge in [0, 0.05) is 11.9 Å². The maximum Gasteiger partial charge on any atom is 0.141 e. The van der Waals surface area contributed by atoms with Crippen molar-refractivity contribution < 1.29 is 4.39 Å². The normalized spacial score (nSPS) is 12.4. The number of nitrogens with zero attached hydrogens (tertiary/aromatic N) is 2. The molecule has 2 aromatic heterocycles. The van der Waals surface area contributed by atoms with Crippen LogP contribution in [0.2, 0.25) is 0 Å². The molecule has 0 saturated carbocycles. The van der Waals surface area contributed by atoms with Crippen LogP contribution in [-0.4, -0.2) is 17.0 Å². The molecule has 1 unspecified atom stereocenters. The van der Waals surface area contributed by atoms with Gasteiger partial charge in [0.1, 0.15) is 5.82 Å². The smallest absolute Gasteiger partial charge is 0.141 e. The zero-order valence-electron chi connectivity index (χ0n) is 9.81. The summed E-state index contributed by atoms with van der Waals surface area (Å²) in [6.07, 6.45) is 3.03. The van der Waals surface area contributed by atoms with E-state index in [1.54, 1.807) is 6.07 Å². The monoisotopic (exact) mass is 231 g/mol. The molecule has 2 aromatic rings. The Kier molecular flexibility index (Phi) is 3.44. The molecular weight excluding hydrogens is 217 g/mol. The summed E-state index contributed by atoms with van der Waals surface area (Å²) in [5.41, 5.74) is 2.76. The lowest BCUT2D eigenvalue weighted by molar-refractivity contribution is 0.609. The van der Waals surface area contributed by atoms with Gasteiger partial charge in [0.25, 0.3) is 0 Å². The van der Waals surface area contributed by atoms with E-state index >= 15 is 0 Å². The maximum absolute atomic E-state index is 12.8. The third kappa shape index (κ3) is 2.65. The van der Waals surface area contributed by atoms with E-state index in [0.29, 0.717) is 0 Å². The van der Waals surface area contributed by atoms with Gasteiger partial charge in [0.2, 0.25) is 0 Å². The average molecular weight is 231 g/mol. The fourth-order valence-corrected chi connectivity index (χ4v) is 1.69. The van der Waals surface area contributed by atoms with Crippen LogP contribution in [-0.2, 0) is 0 Å². The van der Waals surface area contributed by atoms with Crippen LogP contribution in [0.3, 0.4) is 0 Å². The Bertz CT molecular complexity index is 434. The molecule has 2 rings (SSSR count). The van der Waals surface area contributed by atoms with Crippen molar-refractivity contribution in [2.45, 2.75) is 13.0 Å². The first-order chi connectivity index (χ1) is 8.20. The lowest BCUT2D eigenvalue weighted by Crippen LogP contribution is -2.19. The molecule has 0 aliphatic heterocycles. The van der Waals surface area contributed by atoms with Gasteiger partial charge in [-0.25, -0.2) is 4.39 Å². The largest absolute Gasteiger partial charge is 0.308 e. The SMILES string of the molecule is CNC(c1ccc(C)nc1)c1ccc(F)cn1. The summed E-state index contributed by atoms with van der Waals surface area (Å²) < 4.78 is 12.8. The Labute approximate surface area is 99.7 Å². The van der Waals surface area contributed by atoms with E-state index in [0.717, 1.165) is 17.0 Å². The van der Waals surface area contributed by atoms with E-state index in [2.05, 4.69) is 15.3 Å². The fourth-order valence-electron chi connectivity index (χ4n) is 1.69. The average Bonchev–Trinajstić information content (AvgIpc) is 2.35. The molecule has 4 heteroatoms. The molecule has 17 heavy (non-hydrogen) atoms.